The number of aryl methyl sites for hydroxylation is 1. The van der Waals surface area contributed by atoms with E-state index in [1.807, 2.05) is 44.2 Å². The molecule has 2 heterocycles. The van der Waals surface area contributed by atoms with Gasteiger partial charge in [0, 0.05) is 63.5 Å². The van der Waals surface area contributed by atoms with E-state index in [2.05, 4.69) is 64.0 Å². The van der Waals surface area contributed by atoms with Gasteiger partial charge in [-0.3, -0.25) is 9.69 Å². The second kappa shape index (κ2) is 10.9. The van der Waals surface area contributed by atoms with Gasteiger partial charge in [0.2, 0.25) is 5.91 Å². The molecule has 2 atom stereocenters. The highest BCUT2D eigenvalue weighted by atomic mass is 16.5. The molecule has 1 aromatic heterocycles. The first-order chi connectivity index (χ1) is 16.5. The molecule has 1 aliphatic rings. The van der Waals surface area contributed by atoms with Gasteiger partial charge in [-0.2, -0.15) is 0 Å². The number of para-hydroxylation sites is 1. The molecule has 0 aliphatic carbocycles. The lowest BCUT2D eigenvalue weighted by Gasteiger charge is -2.30. The zero-order valence-electron chi connectivity index (χ0n) is 20.9. The molecule has 0 N–H and O–H groups in total. The van der Waals surface area contributed by atoms with Crippen molar-refractivity contribution in [3.8, 4) is 5.75 Å². The zero-order valence-corrected chi connectivity index (χ0v) is 20.9. The van der Waals surface area contributed by atoms with Gasteiger partial charge in [-0.25, -0.2) is 0 Å². The largest absolute Gasteiger partial charge is 0.496 e. The molecule has 1 amide bonds. The van der Waals surface area contributed by atoms with Crippen molar-refractivity contribution in [2.75, 3.05) is 26.7 Å². The Kier molecular flexibility index (Phi) is 7.73. The second-order valence-electron chi connectivity index (χ2n) is 9.77. The van der Waals surface area contributed by atoms with Gasteiger partial charge in [-0.1, -0.05) is 62.4 Å². The lowest BCUT2D eigenvalue weighted by Crippen LogP contribution is -2.39. The van der Waals surface area contributed by atoms with Crippen molar-refractivity contribution in [1.29, 1.82) is 0 Å². The molecule has 0 spiro atoms. The molecule has 34 heavy (non-hydrogen) atoms. The van der Waals surface area contributed by atoms with Gasteiger partial charge >= 0.3 is 0 Å². The predicted molar refractivity (Wildman–Crippen MR) is 137 cm³/mol. The molecule has 0 unspecified atom stereocenters. The smallest absolute Gasteiger partial charge is 0.225 e. The monoisotopic (exact) mass is 459 g/mol. The van der Waals surface area contributed by atoms with Crippen LogP contribution in [0.1, 0.15) is 36.6 Å². The van der Waals surface area contributed by atoms with Gasteiger partial charge in [0.1, 0.15) is 5.75 Å². The highest BCUT2D eigenvalue weighted by Crippen LogP contribution is 2.38. The third-order valence-electron chi connectivity index (χ3n) is 6.97. The minimum absolute atomic E-state index is 0.0331. The summed E-state index contributed by atoms with van der Waals surface area (Å²) >= 11 is 0. The maximum atomic E-state index is 13.3. The van der Waals surface area contributed by atoms with Crippen LogP contribution in [0.2, 0.25) is 0 Å². The summed E-state index contributed by atoms with van der Waals surface area (Å²) in [5.74, 6) is 1.73. The molecule has 0 saturated carbocycles. The predicted octanol–water partition coefficient (Wildman–Crippen LogP) is 4.93. The van der Waals surface area contributed by atoms with Crippen molar-refractivity contribution in [2.45, 2.75) is 32.9 Å². The summed E-state index contributed by atoms with van der Waals surface area (Å²) < 4.78 is 7.94. The van der Waals surface area contributed by atoms with Crippen LogP contribution in [0.4, 0.5) is 0 Å². The highest BCUT2D eigenvalue weighted by molar-refractivity contribution is 5.78. The Labute approximate surface area is 203 Å². The maximum absolute atomic E-state index is 13.3. The van der Waals surface area contributed by atoms with E-state index >= 15 is 0 Å². The van der Waals surface area contributed by atoms with E-state index in [0.29, 0.717) is 18.4 Å². The van der Waals surface area contributed by atoms with E-state index < -0.39 is 0 Å². The van der Waals surface area contributed by atoms with E-state index in [4.69, 9.17) is 4.74 Å². The molecule has 2 aromatic carbocycles. The van der Waals surface area contributed by atoms with Crippen molar-refractivity contribution in [1.82, 2.24) is 14.4 Å². The fourth-order valence-corrected chi connectivity index (χ4v) is 5.17. The van der Waals surface area contributed by atoms with Crippen LogP contribution >= 0.6 is 0 Å². The normalized spacial score (nSPS) is 18.4. The summed E-state index contributed by atoms with van der Waals surface area (Å²) in [4.78, 5) is 17.9. The molecular weight excluding hydrogens is 422 g/mol. The third-order valence-corrected chi connectivity index (χ3v) is 6.97. The number of nitrogens with zero attached hydrogens (tertiary/aromatic N) is 3. The van der Waals surface area contributed by atoms with Gasteiger partial charge in [-0.05, 0) is 35.2 Å². The van der Waals surface area contributed by atoms with Crippen LogP contribution in [0.25, 0.3) is 0 Å². The van der Waals surface area contributed by atoms with Crippen LogP contribution in [-0.2, 0) is 24.9 Å². The number of ether oxygens (including phenoxy) is 1. The molecule has 1 aliphatic heterocycles. The molecule has 180 valence electrons. The lowest BCUT2D eigenvalue weighted by molar-refractivity contribution is -0.135. The highest BCUT2D eigenvalue weighted by Gasteiger charge is 2.37. The third kappa shape index (κ3) is 5.53. The standard InChI is InChI=1S/C29H37N3O2/c1-22(2)29(33)32(17-23-11-6-5-7-12-23)19-24-18-31(20-25-13-10-16-30(25)3)21-27(24)26-14-8-9-15-28(26)34-4/h5-16,22,24,27H,17-21H2,1-4H3/t24-,27-/m1/s1. The Morgan fingerprint density at radius 3 is 2.44 bits per heavy atom. The van der Waals surface area contributed by atoms with Gasteiger partial charge in [0.05, 0.1) is 7.11 Å². The van der Waals surface area contributed by atoms with E-state index in [1.165, 1.54) is 16.8 Å². The van der Waals surface area contributed by atoms with Crippen molar-refractivity contribution >= 4 is 5.91 Å². The number of aromatic nitrogens is 1. The van der Waals surface area contributed by atoms with Crippen LogP contribution in [-0.4, -0.2) is 47.0 Å². The maximum Gasteiger partial charge on any atom is 0.225 e. The lowest BCUT2D eigenvalue weighted by atomic mass is 9.87. The van der Waals surface area contributed by atoms with Crippen molar-refractivity contribution in [3.05, 3.63) is 89.7 Å². The molecule has 0 bridgehead atoms. The topological polar surface area (TPSA) is 37.7 Å². The summed E-state index contributed by atoms with van der Waals surface area (Å²) in [6.07, 6.45) is 2.10. The van der Waals surface area contributed by atoms with E-state index in [1.54, 1.807) is 7.11 Å². The SMILES string of the molecule is COc1ccccc1[C@@H]1CN(Cc2cccn2C)C[C@@H]1CN(Cc1ccccc1)C(=O)C(C)C. The van der Waals surface area contributed by atoms with Crippen molar-refractivity contribution in [2.24, 2.45) is 18.9 Å². The summed E-state index contributed by atoms with van der Waals surface area (Å²) in [7, 11) is 3.85. The summed E-state index contributed by atoms with van der Waals surface area (Å²) in [6.45, 7) is 8.17. The number of amides is 1. The Bertz CT molecular complexity index is 1080. The number of carbonyl (C=O) groups is 1. The van der Waals surface area contributed by atoms with Gasteiger partial charge in [0.15, 0.2) is 0 Å². The molecule has 3 aromatic rings. The van der Waals surface area contributed by atoms with E-state index in [0.717, 1.165) is 31.9 Å². The first kappa shape index (κ1) is 24.1. The first-order valence-corrected chi connectivity index (χ1v) is 12.2. The number of methoxy groups -OCH3 is 1. The Hall–Kier alpha value is -3.05. The van der Waals surface area contributed by atoms with Crippen LogP contribution in [0.5, 0.6) is 5.75 Å². The molecule has 5 nitrogen and oxygen atoms in total. The number of likely N-dealkylation sites (tertiary alicyclic amines) is 1. The fraction of sp³-hybridized carbons (Fsp3) is 0.414. The molecule has 1 saturated heterocycles. The first-order valence-electron chi connectivity index (χ1n) is 12.2. The average Bonchev–Trinajstić information content (AvgIpc) is 3.44. The minimum Gasteiger partial charge on any atom is -0.496 e. The summed E-state index contributed by atoms with van der Waals surface area (Å²) in [5, 5.41) is 0. The van der Waals surface area contributed by atoms with Crippen LogP contribution in [0.15, 0.2) is 72.9 Å². The van der Waals surface area contributed by atoms with E-state index in [9.17, 15) is 4.79 Å². The number of hydrogen-bond acceptors (Lipinski definition) is 3. The number of hydrogen-bond donors (Lipinski definition) is 0. The van der Waals surface area contributed by atoms with Crippen LogP contribution < -0.4 is 4.74 Å². The second-order valence-corrected chi connectivity index (χ2v) is 9.77. The molecule has 5 heteroatoms. The number of benzene rings is 2. The Morgan fingerprint density at radius 1 is 1.03 bits per heavy atom. The summed E-state index contributed by atoms with van der Waals surface area (Å²) in [5.41, 5.74) is 3.71. The minimum atomic E-state index is -0.0331. The average molecular weight is 460 g/mol. The van der Waals surface area contributed by atoms with E-state index in [-0.39, 0.29) is 11.8 Å². The van der Waals surface area contributed by atoms with Gasteiger partial charge < -0.3 is 14.2 Å². The number of carbonyl (C=O) groups excluding carboxylic acids is 1. The Balaban J connectivity index is 1.61. The van der Waals surface area contributed by atoms with Crippen LogP contribution in [0.3, 0.4) is 0 Å². The fourth-order valence-electron chi connectivity index (χ4n) is 5.17. The van der Waals surface area contributed by atoms with Gasteiger partial charge in [0.25, 0.3) is 0 Å². The number of rotatable bonds is 9. The van der Waals surface area contributed by atoms with Crippen molar-refractivity contribution in [3.63, 3.8) is 0 Å². The zero-order chi connectivity index (χ0) is 24.1. The van der Waals surface area contributed by atoms with Gasteiger partial charge in [-0.15, -0.1) is 0 Å². The molecule has 1 fully saturated rings. The Morgan fingerprint density at radius 2 is 1.76 bits per heavy atom. The summed E-state index contributed by atoms with van der Waals surface area (Å²) in [6, 6.07) is 23.0. The quantitative estimate of drug-likeness (QED) is 0.455. The van der Waals surface area contributed by atoms with Crippen LogP contribution in [0, 0.1) is 11.8 Å². The van der Waals surface area contributed by atoms with Crippen molar-refractivity contribution < 1.29 is 9.53 Å². The molecular formula is C29H37N3O2. The molecule has 4 rings (SSSR count). The molecule has 0 radical (unpaired) electrons.